The summed E-state index contributed by atoms with van der Waals surface area (Å²) in [4.78, 5) is 4.72. The van der Waals surface area contributed by atoms with Gasteiger partial charge < -0.3 is 5.32 Å². The third kappa shape index (κ3) is 5.49. The number of halogens is 1. The van der Waals surface area contributed by atoms with Gasteiger partial charge in [-0.1, -0.05) is 30.7 Å². The summed E-state index contributed by atoms with van der Waals surface area (Å²) in [5.41, 5.74) is 5.60. The number of rotatable bonds is 7. The molecule has 0 radical (unpaired) electrons. The molecular formula is C19H26FN3S. The fourth-order valence-corrected chi connectivity index (χ4v) is 3.29. The quantitative estimate of drug-likeness (QED) is 0.411. The van der Waals surface area contributed by atoms with Gasteiger partial charge in [0.2, 0.25) is 0 Å². The highest BCUT2D eigenvalue weighted by atomic mass is 32.2. The fourth-order valence-electron chi connectivity index (χ4n) is 2.36. The number of aliphatic imine (C=N–C) groups is 1. The predicted octanol–water partition coefficient (Wildman–Crippen LogP) is 4.25. The minimum absolute atomic E-state index is 0.406. The van der Waals surface area contributed by atoms with Crippen LogP contribution in [-0.4, -0.2) is 30.7 Å². The zero-order valence-electron chi connectivity index (χ0n) is 14.7. The Hall–Kier alpha value is -1.59. The molecule has 3 nitrogen and oxygen atoms in total. The van der Waals surface area contributed by atoms with Crippen molar-refractivity contribution >= 4 is 16.8 Å². The number of hydrogen-bond donors (Lipinski definition) is 2. The lowest BCUT2D eigenvalue weighted by Crippen LogP contribution is -2.30. The molecule has 1 aliphatic heterocycles. The molecular weight excluding hydrogens is 321 g/mol. The summed E-state index contributed by atoms with van der Waals surface area (Å²) in [6.07, 6.45) is 11.1. The summed E-state index contributed by atoms with van der Waals surface area (Å²) in [6.45, 7) is 7.08. The van der Waals surface area contributed by atoms with Crippen LogP contribution in [0.4, 0.5) is 4.39 Å². The molecule has 0 aromatic rings. The van der Waals surface area contributed by atoms with Crippen LogP contribution in [0.2, 0.25) is 0 Å². The highest BCUT2D eigenvalue weighted by molar-refractivity contribution is 8.14. The SMILES string of the molecule is CCC1=NC2=C\C=C(C)/C(NCNC/C(C)=C/CF)=C\C=C\2CS1. The van der Waals surface area contributed by atoms with Crippen molar-refractivity contribution in [3.8, 4) is 0 Å². The van der Waals surface area contributed by atoms with Gasteiger partial charge in [0.1, 0.15) is 6.67 Å². The van der Waals surface area contributed by atoms with E-state index in [1.165, 1.54) is 16.2 Å². The zero-order valence-corrected chi connectivity index (χ0v) is 15.5. The van der Waals surface area contributed by atoms with Crippen LogP contribution in [0.25, 0.3) is 0 Å². The maximum Gasteiger partial charge on any atom is 0.108 e. The van der Waals surface area contributed by atoms with Crippen molar-refractivity contribution in [2.75, 3.05) is 25.6 Å². The Labute approximate surface area is 148 Å². The summed E-state index contributed by atoms with van der Waals surface area (Å²) in [5.74, 6) is 0.973. The third-order valence-electron chi connectivity index (χ3n) is 3.87. The van der Waals surface area contributed by atoms with E-state index >= 15 is 0 Å². The second-order valence-electron chi connectivity index (χ2n) is 5.81. The molecule has 2 N–H and O–H groups in total. The largest absolute Gasteiger partial charge is 0.372 e. The second-order valence-corrected chi connectivity index (χ2v) is 6.86. The summed E-state index contributed by atoms with van der Waals surface area (Å²) in [6, 6.07) is 0. The number of alkyl halides is 1. The first kappa shape index (κ1) is 18.7. The molecule has 2 rings (SSSR count). The normalized spacial score (nSPS) is 27.0. The van der Waals surface area contributed by atoms with Crippen molar-refractivity contribution in [1.29, 1.82) is 0 Å². The van der Waals surface area contributed by atoms with Crippen LogP contribution in [0.1, 0.15) is 27.2 Å². The number of fused-ring (bicyclic) bond motifs is 1. The molecule has 1 aliphatic carbocycles. The lowest BCUT2D eigenvalue weighted by Gasteiger charge is -2.18. The number of nitrogens with one attached hydrogen (secondary N) is 2. The molecule has 0 aromatic carbocycles. The van der Waals surface area contributed by atoms with Crippen LogP contribution in [0.15, 0.2) is 63.5 Å². The Bertz CT molecular complexity index is 639. The van der Waals surface area contributed by atoms with Crippen LogP contribution < -0.4 is 10.6 Å². The first-order chi connectivity index (χ1) is 11.6. The molecule has 1 heterocycles. The lowest BCUT2D eigenvalue weighted by atomic mass is 10.1. The Morgan fingerprint density at radius 1 is 1.33 bits per heavy atom. The molecule has 5 heteroatoms. The standard InChI is InChI=1S/C19H26FN3S/c1-4-19-23-18-7-5-15(3)17(8-6-16(18)12-24-19)22-13-21-11-14(2)9-10-20/h5-9,21-22H,4,10-13H2,1-3H3/b7-5?,8-6?,14-9+,15-5-,16-6+,17-8+,17-15?,18-7-. The average Bonchev–Trinajstić information content (AvgIpc) is 2.58. The minimum Gasteiger partial charge on any atom is -0.372 e. The zero-order chi connectivity index (χ0) is 17.4. The molecule has 2 aliphatic rings. The van der Waals surface area contributed by atoms with Crippen molar-refractivity contribution in [3.05, 3.63) is 58.5 Å². The van der Waals surface area contributed by atoms with E-state index in [0.717, 1.165) is 29.1 Å². The van der Waals surface area contributed by atoms with Gasteiger partial charge in [0.15, 0.2) is 0 Å². The van der Waals surface area contributed by atoms with E-state index in [-0.39, 0.29) is 0 Å². The molecule has 0 saturated carbocycles. The fraction of sp³-hybridized carbons (Fsp3) is 0.421. The van der Waals surface area contributed by atoms with Crippen LogP contribution in [0, 0.1) is 0 Å². The monoisotopic (exact) mass is 347 g/mol. The number of thioether (sulfide) groups is 1. The number of hydrogen-bond acceptors (Lipinski definition) is 4. The Morgan fingerprint density at radius 3 is 2.92 bits per heavy atom. The molecule has 0 spiro atoms. The van der Waals surface area contributed by atoms with Crippen molar-refractivity contribution < 1.29 is 4.39 Å². The number of allylic oxidation sites excluding steroid dienone is 7. The Kier molecular flexibility index (Phi) is 7.53. The summed E-state index contributed by atoms with van der Waals surface area (Å²) >= 11 is 1.82. The van der Waals surface area contributed by atoms with Crippen molar-refractivity contribution in [3.63, 3.8) is 0 Å². The van der Waals surface area contributed by atoms with Gasteiger partial charge in [-0.2, -0.15) is 0 Å². The van der Waals surface area contributed by atoms with Gasteiger partial charge in [-0.3, -0.25) is 5.32 Å². The maximum absolute atomic E-state index is 12.2. The van der Waals surface area contributed by atoms with Gasteiger partial charge in [0.05, 0.1) is 17.4 Å². The Balaban J connectivity index is 1.99. The summed E-state index contributed by atoms with van der Waals surface area (Å²) in [7, 11) is 0. The van der Waals surface area contributed by atoms with Crippen molar-refractivity contribution in [2.24, 2.45) is 4.99 Å². The smallest absolute Gasteiger partial charge is 0.108 e. The van der Waals surface area contributed by atoms with E-state index in [1.807, 2.05) is 18.7 Å². The van der Waals surface area contributed by atoms with E-state index in [0.29, 0.717) is 13.2 Å². The molecule has 0 bridgehead atoms. The van der Waals surface area contributed by atoms with Crippen molar-refractivity contribution in [2.45, 2.75) is 27.2 Å². The topological polar surface area (TPSA) is 36.4 Å². The lowest BCUT2D eigenvalue weighted by molar-refractivity contribution is 0.557. The van der Waals surface area contributed by atoms with Crippen LogP contribution >= 0.6 is 11.8 Å². The van der Waals surface area contributed by atoms with Crippen molar-refractivity contribution in [1.82, 2.24) is 10.6 Å². The third-order valence-corrected chi connectivity index (χ3v) is 5.04. The van der Waals surface area contributed by atoms with E-state index in [2.05, 4.69) is 48.8 Å². The average molecular weight is 348 g/mol. The molecule has 0 atom stereocenters. The van der Waals surface area contributed by atoms with Gasteiger partial charge in [-0.15, -0.1) is 11.8 Å². The van der Waals surface area contributed by atoms with E-state index in [9.17, 15) is 4.39 Å². The van der Waals surface area contributed by atoms with Gasteiger partial charge in [0, 0.05) is 18.0 Å². The summed E-state index contributed by atoms with van der Waals surface area (Å²) in [5, 5.41) is 7.87. The minimum atomic E-state index is -0.406. The van der Waals surface area contributed by atoms with E-state index < -0.39 is 6.67 Å². The molecule has 0 amide bonds. The maximum atomic E-state index is 12.2. The Morgan fingerprint density at radius 2 is 2.17 bits per heavy atom. The molecule has 0 fully saturated rings. The second kappa shape index (κ2) is 9.64. The van der Waals surface area contributed by atoms with Gasteiger partial charge in [-0.05, 0) is 43.6 Å². The van der Waals surface area contributed by atoms with Gasteiger partial charge >= 0.3 is 0 Å². The van der Waals surface area contributed by atoms with Crippen LogP contribution in [-0.2, 0) is 0 Å². The highest BCUT2D eigenvalue weighted by Crippen LogP contribution is 2.28. The first-order valence-electron chi connectivity index (χ1n) is 8.30. The van der Waals surface area contributed by atoms with Crippen LogP contribution in [0.5, 0.6) is 0 Å². The van der Waals surface area contributed by atoms with E-state index in [4.69, 9.17) is 4.99 Å². The number of nitrogens with zero attached hydrogens (tertiary/aromatic N) is 1. The molecule has 0 unspecified atom stereocenters. The summed E-state index contributed by atoms with van der Waals surface area (Å²) < 4.78 is 12.2. The molecule has 24 heavy (non-hydrogen) atoms. The molecule has 0 aromatic heterocycles. The van der Waals surface area contributed by atoms with Gasteiger partial charge in [0.25, 0.3) is 0 Å². The van der Waals surface area contributed by atoms with E-state index in [1.54, 1.807) is 6.08 Å². The first-order valence-corrected chi connectivity index (χ1v) is 9.29. The molecule has 130 valence electrons. The highest BCUT2D eigenvalue weighted by Gasteiger charge is 2.14. The van der Waals surface area contributed by atoms with Gasteiger partial charge in [-0.25, -0.2) is 9.38 Å². The van der Waals surface area contributed by atoms with Crippen LogP contribution in [0.3, 0.4) is 0 Å². The predicted molar refractivity (Wildman–Crippen MR) is 104 cm³/mol. The molecule has 0 saturated heterocycles.